The maximum absolute atomic E-state index is 13.2. The average molecular weight is 528 g/mol. The van der Waals surface area contributed by atoms with Crippen LogP contribution in [-0.4, -0.2) is 41.3 Å². The van der Waals surface area contributed by atoms with Crippen molar-refractivity contribution in [3.05, 3.63) is 44.7 Å². The van der Waals surface area contributed by atoms with Gasteiger partial charge in [-0.2, -0.15) is 0 Å². The molecule has 1 fully saturated rings. The average Bonchev–Trinajstić information content (AvgIpc) is 3.39. The van der Waals surface area contributed by atoms with Crippen molar-refractivity contribution in [1.82, 2.24) is 9.88 Å². The summed E-state index contributed by atoms with van der Waals surface area (Å²) in [5, 5.41) is 0. The topological polar surface area (TPSA) is 56.8 Å². The molecular weight excluding hydrogens is 503 g/mol. The number of benzene rings is 1. The van der Waals surface area contributed by atoms with Crippen LogP contribution in [0.5, 0.6) is 0 Å². The van der Waals surface area contributed by atoms with Gasteiger partial charge in [0.05, 0.1) is 11.4 Å². The lowest BCUT2D eigenvalue weighted by molar-refractivity contribution is -0.112. The second kappa shape index (κ2) is 8.87. The van der Waals surface area contributed by atoms with Gasteiger partial charge < -0.3 is 9.80 Å². The van der Waals surface area contributed by atoms with Gasteiger partial charge in [0, 0.05) is 35.3 Å². The highest BCUT2D eigenvalue weighted by atomic mass is 127. The predicted molar refractivity (Wildman–Crippen MR) is 131 cm³/mol. The van der Waals surface area contributed by atoms with E-state index < -0.39 is 0 Å². The van der Waals surface area contributed by atoms with Crippen molar-refractivity contribution in [2.75, 3.05) is 29.4 Å². The number of nitrogens with zero attached hydrogens (tertiary/aromatic N) is 4. The Balaban J connectivity index is 1.87. The third-order valence-corrected chi connectivity index (χ3v) is 6.97. The molecule has 0 N–H and O–H groups in total. The molecular formula is C24H25IN4O2. The Hall–Kier alpha value is -2.60. The largest absolute Gasteiger partial charge is 0.370 e. The molecule has 0 spiro atoms. The van der Waals surface area contributed by atoms with Crippen LogP contribution < -0.4 is 9.80 Å². The van der Waals surface area contributed by atoms with Gasteiger partial charge in [0.25, 0.3) is 5.91 Å². The zero-order valence-electron chi connectivity index (χ0n) is 18.0. The predicted octanol–water partition coefficient (Wildman–Crippen LogP) is 4.26. The molecule has 4 rings (SSSR count). The summed E-state index contributed by atoms with van der Waals surface area (Å²) in [4.78, 5) is 36.2. The van der Waals surface area contributed by atoms with Crippen molar-refractivity contribution in [2.24, 2.45) is 0 Å². The maximum Gasteiger partial charge on any atom is 0.308 e. The maximum atomic E-state index is 13.2. The molecule has 160 valence electrons. The van der Waals surface area contributed by atoms with Gasteiger partial charge in [-0.1, -0.05) is 12.0 Å². The van der Waals surface area contributed by atoms with Crippen LogP contribution in [0.15, 0.2) is 24.3 Å². The first-order chi connectivity index (χ1) is 14.9. The van der Waals surface area contributed by atoms with Gasteiger partial charge in [-0.05, 0) is 85.9 Å². The number of anilines is 3. The Morgan fingerprint density at radius 2 is 2.00 bits per heavy atom. The van der Waals surface area contributed by atoms with Crippen LogP contribution in [-0.2, 0) is 11.3 Å². The van der Waals surface area contributed by atoms with Crippen molar-refractivity contribution in [1.29, 1.82) is 0 Å². The minimum Gasteiger partial charge on any atom is -0.370 e. The van der Waals surface area contributed by atoms with Crippen molar-refractivity contribution < 1.29 is 9.59 Å². The van der Waals surface area contributed by atoms with Gasteiger partial charge in [0.2, 0.25) is 0 Å². The Bertz CT molecular complexity index is 1110. The number of fused-ring (bicyclic) bond motifs is 1. The molecule has 31 heavy (non-hydrogen) atoms. The van der Waals surface area contributed by atoms with Crippen molar-refractivity contribution >= 4 is 51.6 Å². The number of aryl methyl sites for hydroxylation is 1. The smallest absolute Gasteiger partial charge is 0.308 e. The molecule has 0 unspecified atom stereocenters. The van der Waals surface area contributed by atoms with E-state index in [4.69, 9.17) is 0 Å². The van der Waals surface area contributed by atoms with E-state index in [1.807, 2.05) is 32.0 Å². The number of rotatable bonds is 4. The van der Waals surface area contributed by atoms with Gasteiger partial charge in [-0.25, -0.2) is 4.98 Å². The van der Waals surface area contributed by atoms with E-state index in [1.165, 1.54) is 0 Å². The first-order valence-corrected chi connectivity index (χ1v) is 11.6. The minimum atomic E-state index is -0.353. The molecule has 1 saturated heterocycles. The van der Waals surface area contributed by atoms with E-state index in [9.17, 15) is 9.59 Å². The molecule has 2 aliphatic rings. The molecule has 2 aliphatic heterocycles. The second-order valence-corrected chi connectivity index (χ2v) is 8.96. The third kappa shape index (κ3) is 4.01. The Morgan fingerprint density at radius 3 is 2.68 bits per heavy atom. The number of carbonyl (C=O) groups is 2. The number of hydrogen-bond acceptors (Lipinski definition) is 4. The minimum absolute atomic E-state index is 0.0909. The molecule has 0 saturated carbocycles. The fourth-order valence-corrected chi connectivity index (χ4v) is 4.59. The van der Waals surface area contributed by atoms with Crippen LogP contribution in [0.25, 0.3) is 0 Å². The number of halogens is 1. The highest BCUT2D eigenvalue weighted by molar-refractivity contribution is 14.1. The Labute approximate surface area is 196 Å². The Kier molecular flexibility index (Phi) is 6.19. The van der Waals surface area contributed by atoms with Crippen LogP contribution in [0.1, 0.15) is 48.3 Å². The van der Waals surface area contributed by atoms with Gasteiger partial charge in [0.15, 0.2) is 0 Å². The summed E-state index contributed by atoms with van der Waals surface area (Å²) >= 11 is 2.33. The molecule has 0 radical (unpaired) electrons. The molecule has 1 aromatic carbocycles. The van der Waals surface area contributed by atoms with Crippen LogP contribution in [0.3, 0.4) is 0 Å². The number of amides is 2. The van der Waals surface area contributed by atoms with Gasteiger partial charge in [-0.3, -0.25) is 14.5 Å². The third-order valence-electron chi connectivity index (χ3n) is 5.80. The molecule has 0 aliphatic carbocycles. The highest BCUT2D eigenvalue weighted by Gasteiger charge is 2.31. The quantitative estimate of drug-likeness (QED) is 0.440. The van der Waals surface area contributed by atoms with E-state index in [0.29, 0.717) is 24.6 Å². The number of pyridine rings is 1. The van der Waals surface area contributed by atoms with E-state index in [2.05, 4.69) is 50.4 Å². The molecule has 3 heterocycles. The summed E-state index contributed by atoms with van der Waals surface area (Å²) in [7, 11) is 0. The molecule has 2 aromatic rings. The lowest BCUT2D eigenvalue weighted by Crippen LogP contribution is -2.29. The van der Waals surface area contributed by atoms with E-state index in [1.54, 1.807) is 16.7 Å². The fraction of sp³-hybridized carbons (Fsp3) is 0.375. The zero-order valence-corrected chi connectivity index (χ0v) is 20.2. The lowest BCUT2D eigenvalue weighted by atomic mass is 10.1. The standard InChI is InChI=1S/C24H25IN4O2/c1-4-8-22(30)29(21-10-9-17-15-27(5-2)24(31)23(17)26-21)20-13-16(3)18(25)14-19(20)28-11-6-7-12-28/h9-10,13-14H,5-7,11-12,15H2,1-3H3. The molecule has 0 atom stereocenters. The van der Waals surface area contributed by atoms with Crippen LogP contribution in [0.2, 0.25) is 0 Å². The normalized spacial score (nSPS) is 15.0. The first-order valence-electron chi connectivity index (χ1n) is 10.6. The summed E-state index contributed by atoms with van der Waals surface area (Å²) < 4.78 is 1.15. The molecule has 7 heteroatoms. The van der Waals surface area contributed by atoms with Crippen molar-refractivity contribution in [2.45, 2.75) is 40.2 Å². The number of carbonyl (C=O) groups excluding carboxylic acids is 2. The van der Waals surface area contributed by atoms with Gasteiger partial charge in [-0.15, -0.1) is 0 Å². The Morgan fingerprint density at radius 1 is 1.26 bits per heavy atom. The molecule has 1 aromatic heterocycles. The van der Waals surface area contributed by atoms with Crippen molar-refractivity contribution in [3.63, 3.8) is 0 Å². The second-order valence-electron chi connectivity index (χ2n) is 7.80. The highest BCUT2D eigenvalue weighted by Crippen LogP contribution is 2.39. The lowest BCUT2D eigenvalue weighted by Gasteiger charge is -2.28. The van der Waals surface area contributed by atoms with Gasteiger partial charge >= 0.3 is 5.91 Å². The summed E-state index contributed by atoms with van der Waals surface area (Å²) in [6, 6.07) is 7.88. The van der Waals surface area contributed by atoms with Crippen LogP contribution >= 0.6 is 22.6 Å². The summed E-state index contributed by atoms with van der Waals surface area (Å²) in [5.74, 6) is 5.38. The number of aromatic nitrogens is 1. The summed E-state index contributed by atoms with van der Waals surface area (Å²) in [6.45, 7) is 8.73. The fourth-order valence-electron chi connectivity index (χ4n) is 4.14. The first kappa shape index (κ1) is 21.6. The monoisotopic (exact) mass is 528 g/mol. The van der Waals surface area contributed by atoms with Crippen LogP contribution in [0, 0.1) is 22.3 Å². The number of hydrogen-bond donors (Lipinski definition) is 0. The van der Waals surface area contributed by atoms with Crippen LogP contribution in [0.4, 0.5) is 17.2 Å². The summed E-state index contributed by atoms with van der Waals surface area (Å²) in [5.41, 5.74) is 4.16. The van der Waals surface area contributed by atoms with E-state index in [0.717, 1.165) is 52.0 Å². The van der Waals surface area contributed by atoms with Crippen molar-refractivity contribution in [3.8, 4) is 11.8 Å². The summed E-state index contributed by atoms with van der Waals surface area (Å²) in [6.07, 6.45) is 2.26. The zero-order chi connectivity index (χ0) is 22.1. The molecule has 2 amide bonds. The van der Waals surface area contributed by atoms with E-state index in [-0.39, 0.29) is 11.8 Å². The molecule has 0 bridgehead atoms. The molecule has 6 nitrogen and oxygen atoms in total. The SMILES string of the molecule is CC#CC(=O)N(c1ccc2c(n1)C(=O)N(CC)C2)c1cc(C)c(I)cc1N1CCCC1. The van der Waals surface area contributed by atoms with E-state index >= 15 is 0 Å². The van der Waals surface area contributed by atoms with Gasteiger partial charge in [0.1, 0.15) is 11.5 Å².